The van der Waals surface area contributed by atoms with Crippen molar-refractivity contribution in [3.63, 3.8) is 0 Å². The first-order valence-electron chi connectivity index (χ1n) is 14.2. The number of fused-ring (bicyclic) bond motifs is 2. The second-order valence-electron chi connectivity index (χ2n) is 12.2. The average Bonchev–Trinajstić information content (AvgIpc) is 3.26. The Morgan fingerprint density at radius 3 is 2.17 bits per heavy atom. The molecule has 0 unspecified atom stereocenters. The fourth-order valence-electron chi connectivity index (χ4n) is 6.37. The molecule has 3 aromatic carbocycles. The lowest BCUT2D eigenvalue weighted by Crippen LogP contribution is -2.26. The van der Waals surface area contributed by atoms with E-state index in [0.29, 0.717) is 6.42 Å². The van der Waals surface area contributed by atoms with Gasteiger partial charge in [0.05, 0.1) is 5.41 Å². The number of allylic oxidation sites excluding steroid dienone is 6. The lowest BCUT2D eigenvalue weighted by molar-refractivity contribution is -0.401. The average molecular weight is 530 g/mol. The van der Waals surface area contributed by atoms with Gasteiger partial charge in [0.15, 0.2) is 5.71 Å². The van der Waals surface area contributed by atoms with Gasteiger partial charge >= 0.3 is 0 Å². The molecule has 0 fully saturated rings. The van der Waals surface area contributed by atoms with E-state index in [4.69, 9.17) is 0 Å². The Balaban J connectivity index is 1.55. The zero-order valence-corrected chi connectivity index (χ0v) is 25.0. The maximum atomic E-state index is 11.5. The summed E-state index contributed by atoms with van der Waals surface area (Å²) in [7, 11) is 4.32. The first kappa shape index (κ1) is 27.6. The van der Waals surface area contributed by atoms with E-state index in [-0.39, 0.29) is 16.6 Å². The van der Waals surface area contributed by atoms with Gasteiger partial charge in [0.25, 0.3) is 0 Å². The number of para-hydroxylation sites is 2. The van der Waals surface area contributed by atoms with Crippen LogP contribution in [0.1, 0.15) is 63.3 Å². The summed E-state index contributed by atoms with van der Waals surface area (Å²) in [6.07, 6.45) is 10.4. The molecule has 40 heavy (non-hydrogen) atoms. The number of hydrogen-bond donors (Lipinski definition) is 0. The van der Waals surface area contributed by atoms with Gasteiger partial charge in [0.1, 0.15) is 12.8 Å². The van der Waals surface area contributed by atoms with Crippen LogP contribution in [0.5, 0.6) is 0 Å². The number of rotatable bonds is 7. The van der Waals surface area contributed by atoms with Crippen LogP contribution in [0, 0.1) is 0 Å². The Kier molecular flexibility index (Phi) is 7.27. The van der Waals surface area contributed by atoms with E-state index < -0.39 is 0 Å². The predicted octanol–water partition coefficient (Wildman–Crippen LogP) is 8.17. The van der Waals surface area contributed by atoms with E-state index in [2.05, 4.69) is 148 Å². The third-order valence-corrected chi connectivity index (χ3v) is 8.78. The lowest BCUT2D eigenvalue weighted by atomic mass is 9.81. The number of aryl methyl sites for hydroxylation is 1. The third-order valence-electron chi connectivity index (χ3n) is 8.78. The SMILES string of the molecule is CC(=O)CCc1ccc(C(C=CC2=[N+](C)c3ccccc3C2(C)C)=CC=C2N(C)c3ccccc3C2(C)C)cc1. The topological polar surface area (TPSA) is 23.3 Å². The van der Waals surface area contributed by atoms with Crippen LogP contribution in [-0.2, 0) is 22.0 Å². The van der Waals surface area contributed by atoms with Gasteiger partial charge < -0.3 is 9.69 Å². The molecule has 0 saturated carbocycles. The van der Waals surface area contributed by atoms with Gasteiger partial charge in [-0.1, -0.05) is 80.6 Å². The van der Waals surface area contributed by atoms with E-state index in [9.17, 15) is 4.79 Å². The smallest absolute Gasteiger partial charge is 0.209 e. The molecule has 0 aliphatic carbocycles. The summed E-state index contributed by atoms with van der Waals surface area (Å²) >= 11 is 0. The van der Waals surface area contributed by atoms with Gasteiger partial charge in [-0.25, -0.2) is 0 Å². The van der Waals surface area contributed by atoms with Crippen molar-refractivity contribution in [1.82, 2.24) is 0 Å². The summed E-state index contributed by atoms with van der Waals surface area (Å²) in [5.74, 6) is 0.227. The Morgan fingerprint density at radius 1 is 0.875 bits per heavy atom. The standard InChI is InChI=1S/C37H41N2O/c1-26(40)16-17-27-18-20-28(21-19-27)29(22-24-34-36(2,3)30-12-8-10-14-32(30)38(34)6)23-25-35-37(4,5)31-13-9-11-15-33(31)39(35)7/h8-15,18-25H,16-17H2,1-7H3/q+1. The molecule has 0 aromatic heterocycles. The lowest BCUT2D eigenvalue weighted by Gasteiger charge is -2.24. The predicted molar refractivity (Wildman–Crippen MR) is 169 cm³/mol. The van der Waals surface area contributed by atoms with Gasteiger partial charge in [-0.05, 0) is 67.7 Å². The summed E-state index contributed by atoms with van der Waals surface area (Å²) in [6, 6.07) is 26.1. The molecule has 3 heteroatoms. The van der Waals surface area contributed by atoms with Gasteiger partial charge in [-0.15, -0.1) is 0 Å². The molecule has 2 heterocycles. The number of benzene rings is 3. The van der Waals surface area contributed by atoms with Gasteiger partial charge in [-0.3, -0.25) is 0 Å². The van der Waals surface area contributed by atoms with E-state index in [1.165, 1.54) is 39.5 Å². The quantitative estimate of drug-likeness (QED) is 0.228. The second kappa shape index (κ2) is 10.5. The second-order valence-corrected chi connectivity index (χ2v) is 12.2. The van der Waals surface area contributed by atoms with E-state index in [1.807, 2.05) is 0 Å². The van der Waals surface area contributed by atoms with Crippen molar-refractivity contribution in [2.45, 2.75) is 58.3 Å². The van der Waals surface area contributed by atoms with Crippen molar-refractivity contribution < 1.29 is 9.37 Å². The fraction of sp³-hybridized carbons (Fsp3) is 0.297. The zero-order valence-electron chi connectivity index (χ0n) is 25.0. The molecule has 0 saturated heterocycles. The van der Waals surface area contributed by atoms with E-state index in [1.54, 1.807) is 6.92 Å². The largest absolute Gasteiger partial charge is 0.347 e. The van der Waals surface area contributed by atoms with Crippen LogP contribution < -0.4 is 4.90 Å². The first-order valence-corrected chi connectivity index (χ1v) is 14.2. The molecule has 0 N–H and O–H groups in total. The molecule has 3 aromatic rings. The summed E-state index contributed by atoms with van der Waals surface area (Å²) in [6.45, 7) is 10.9. The van der Waals surface area contributed by atoms with Crippen LogP contribution in [0.4, 0.5) is 11.4 Å². The number of carbonyl (C=O) groups is 1. The molecule has 0 atom stereocenters. The normalized spacial score (nSPS) is 18.5. The van der Waals surface area contributed by atoms with Gasteiger partial charge in [0.2, 0.25) is 5.69 Å². The number of likely N-dealkylation sites (N-methyl/N-ethyl adjacent to an activating group) is 1. The minimum atomic E-state index is -0.0860. The molecular weight excluding hydrogens is 488 g/mol. The molecule has 2 aliphatic heterocycles. The Hall–Kier alpha value is -3.98. The van der Waals surface area contributed by atoms with Crippen molar-refractivity contribution in [3.05, 3.63) is 125 Å². The summed E-state index contributed by atoms with van der Waals surface area (Å²) in [4.78, 5) is 13.8. The first-order chi connectivity index (χ1) is 19.0. The molecule has 5 rings (SSSR count). The molecular formula is C37H41N2O+. The maximum Gasteiger partial charge on any atom is 0.209 e. The number of anilines is 1. The Labute approximate surface area is 239 Å². The highest BCUT2D eigenvalue weighted by Gasteiger charge is 2.42. The number of nitrogens with zero attached hydrogens (tertiary/aromatic N) is 2. The van der Waals surface area contributed by atoms with Gasteiger partial charge in [-0.2, -0.15) is 4.58 Å². The molecule has 2 aliphatic rings. The van der Waals surface area contributed by atoms with Crippen molar-refractivity contribution in [1.29, 1.82) is 0 Å². The molecule has 0 bridgehead atoms. The molecule has 3 nitrogen and oxygen atoms in total. The molecule has 0 amide bonds. The van der Waals surface area contributed by atoms with Crippen LogP contribution in [0.2, 0.25) is 0 Å². The summed E-state index contributed by atoms with van der Waals surface area (Å²) in [5.41, 5.74) is 11.1. The Bertz CT molecular complexity index is 1580. The van der Waals surface area contributed by atoms with Gasteiger partial charge in [0, 0.05) is 48.0 Å². The van der Waals surface area contributed by atoms with E-state index >= 15 is 0 Å². The fourth-order valence-corrected chi connectivity index (χ4v) is 6.37. The highest BCUT2D eigenvalue weighted by molar-refractivity contribution is 6.04. The minimum Gasteiger partial charge on any atom is -0.347 e. The van der Waals surface area contributed by atoms with Crippen LogP contribution in [0.15, 0.2) is 103 Å². The molecule has 0 spiro atoms. The zero-order chi connectivity index (χ0) is 28.7. The van der Waals surface area contributed by atoms with Crippen molar-refractivity contribution in [2.75, 3.05) is 19.0 Å². The van der Waals surface area contributed by atoms with E-state index in [0.717, 1.165) is 17.6 Å². The molecule has 204 valence electrons. The highest BCUT2D eigenvalue weighted by Crippen LogP contribution is 2.46. The van der Waals surface area contributed by atoms with Crippen molar-refractivity contribution in [2.24, 2.45) is 0 Å². The number of ketones is 1. The third kappa shape index (κ3) is 4.90. The summed E-state index contributed by atoms with van der Waals surface area (Å²) in [5, 5.41) is 0. The molecule has 0 radical (unpaired) electrons. The van der Waals surface area contributed by atoms with Crippen LogP contribution in [0.25, 0.3) is 5.57 Å². The Morgan fingerprint density at radius 2 is 1.52 bits per heavy atom. The highest BCUT2D eigenvalue weighted by atomic mass is 16.1. The minimum absolute atomic E-state index is 0.0860. The number of hydrogen-bond acceptors (Lipinski definition) is 2. The number of Topliss-reactive ketones (excluding diaryl/α,β-unsaturated/α-hetero) is 1. The van der Waals surface area contributed by atoms with Crippen LogP contribution >= 0.6 is 0 Å². The maximum absolute atomic E-state index is 11.5. The van der Waals surface area contributed by atoms with Crippen LogP contribution in [0.3, 0.4) is 0 Å². The van der Waals surface area contributed by atoms with Crippen molar-refractivity contribution in [3.8, 4) is 0 Å². The monoisotopic (exact) mass is 529 g/mol. The summed E-state index contributed by atoms with van der Waals surface area (Å²) < 4.78 is 2.32. The van der Waals surface area contributed by atoms with Crippen molar-refractivity contribution >= 4 is 28.4 Å². The van der Waals surface area contributed by atoms with Crippen LogP contribution in [-0.4, -0.2) is 30.2 Å². The number of carbonyl (C=O) groups excluding carboxylic acids is 1.